The number of halogens is 4. The summed E-state index contributed by atoms with van der Waals surface area (Å²) in [7, 11) is 0. The third-order valence-electron chi connectivity index (χ3n) is 3.78. The molecule has 25 heavy (non-hydrogen) atoms. The van der Waals surface area contributed by atoms with Crippen molar-refractivity contribution in [1.29, 1.82) is 0 Å². The summed E-state index contributed by atoms with van der Waals surface area (Å²) in [5, 5.41) is 1.91. The molecule has 0 radical (unpaired) electrons. The van der Waals surface area contributed by atoms with Crippen molar-refractivity contribution in [2.75, 3.05) is 25.0 Å². The number of carbonyl (C=O) groups is 2. The minimum absolute atomic E-state index is 0.0395. The van der Waals surface area contributed by atoms with Crippen LogP contribution in [-0.4, -0.2) is 42.5 Å². The third-order valence-corrected chi connectivity index (χ3v) is 4.11. The molecule has 2 rings (SSSR count). The number of nitrogens with zero attached hydrogens (tertiary/aromatic N) is 1. The van der Waals surface area contributed by atoms with Gasteiger partial charge in [0, 0.05) is 25.8 Å². The minimum Gasteiger partial charge on any atom is -0.376 e. The zero-order chi connectivity index (χ0) is 18.6. The second-order valence-electron chi connectivity index (χ2n) is 5.78. The molecule has 0 aromatic heterocycles. The van der Waals surface area contributed by atoms with Gasteiger partial charge >= 0.3 is 6.18 Å². The van der Waals surface area contributed by atoms with E-state index in [1.807, 2.05) is 0 Å². The zero-order valence-corrected chi connectivity index (χ0v) is 14.3. The molecule has 0 saturated carbocycles. The summed E-state index contributed by atoms with van der Waals surface area (Å²) in [6, 6.07) is 3.10. The van der Waals surface area contributed by atoms with Crippen LogP contribution in [0.25, 0.3) is 0 Å². The lowest BCUT2D eigenvalue weighted by molar-refractivity contribution is -0.137. The molecule has 0 aliphatic carbocycles. The number of carbonyl (C=O) groups excluding carboxylic acids is 2. The van der Waals surface area contributed by atoms with E-state index in [4.69, 9.17) is 16.3 Å². The molecule has 1 heterocycles. The van der Waals surface area contributed by atoms with E-state index < -0.39 is 22.7 Å². The predicted molar refractivity (Wildman–Crippen MR) is 86.3 cm³/mol. The van der Waals surface area contributed by atoms with Crippen LogP contribution in [0.3, 0.4) is 0 Å². The van der Waals surface area contributed by atoms with Gasteiger partial charge in [-0.05, 0) is 31.0 Å². The number of amides is 2. The Hall–Kier alpha value is -1.80. The number of benzene rings is 1. The highest BCUT2D eigenvalue weighted by Crippen LogP contribution is 2.36. The van der Waals surface area contributed by atoms with Gasteiger partial charge in [0.25, 0.3) is 0 Å². The van der Waals surface area contributed by atoms with Crippen molar-refractivity contribution in [3.05, 3.63) is 28.8 Å². The van der Waals surface area contributed by atoms with Crippen LogP contribution in [0.4, 0.5) is 18.9 Å². The van der Waals surface area contributed by atoms with Crippen molar-refractivity contribution in [2.24, 2.45) is 0 Å². The summed E-state index contributed by atoms with van der Waals surface area (Å²) >= 11 is 5.54. The minimum atomic E-state index is -4.62. The van der Waals surface area contributed by atoms with Crippen molar-refractivity contribution in [1.82, 2.24) is 4.90 Å². The average molecular weight is 379 g/mol. The van der Waals surface area contributed by atoms with Gasteiger partial charge < -0.3 is 15.0 Å². The Morgan fingerprint density at radius 3 is 2.68 bits per heavy atom. The normalized spacial score (nSPS) is 17.4. The van der Waals surface area contributed by atoms with E-state index in [2.05, 4.69) is 5.32 Å². The highest BCUT2D eigenvalue weighted by atomic mass is 35.5. The van der Waals surface area contributed by atoms with Gasteiger partial charge in [-0.1, -0.05) is 11.6 Å². The Morgan fingerprint density at radius 1 is 1.40 bits per heavy atom. The predicted octanol–water partition coefficient (Wildman–Crippen LogP) is 3.32. The van der Waals surface area contributed by atoms with Crippen molar-refractivity contribution < 1.29 is 27.5 Å². The molecule has 2 amide bonds. The SMILES string of the molecule is CC(=O)N(CC(=O)Nc1ccc(Cl)c(C(F)(F)F)c1)CC1CCCO1. The lowest BCUT2D eigenvalue weighted by Crippen LogP contribution is -2.41. The van der Waals surface area contributed by atoms with Crippen molar-refractivity contribution in [2.45, 2.75) is 32.0 Å². The van der Waals surface area contributed by atoms with Gasteiger partial charge in [0.2, 0.25) is 11.8 Å². The van der Waals surface area contributed by atoms with Crippen LogP contribution in [0.2, 0.25) is 5.02 Å². The summed E-state index contributed by atoms with van der Waals surface area (Å²) in [5.41, 5.74) is -1.07. The number of hydrogen-bond donors (Lipinski definition) is 1. The van der Waals surface area contributed by atoms with Crippen LogP contribution in [0, 0.1) is 0 Å². The maximum atomic E-state index is 12.8. The fraction of sp³-hybridized carbons (Fsp3) is 0.500. The average Bonchev–Trinajstić information content (AvgIpc) is 3.00. The molecule has 1 aliphatic rings. The van der Waals surface area contributed by atoms with Gasteiger partial charge in [-0.2, -0.15) is 13.2 Å². The highest BCUT2D eigenvalue weighted by Gasteiger charge is 2.33. The maximum absolute atomic E-state index is 12.8. The molecule has 1 fully saturated rings. The van der Waals surface area contributed by atoms with Crippen molar-refractivity contribution >= 4 is 29.1 Å². The van der Waals surface area contributed by atoms with Crippen LogP contribution >= 0.6 is 11.6 Å². The monoisotopic (exact) mass is 378 g/mol. The number of hydrogen-bond acceptors (Lipinski definition) is 3. The van der Waals surface area contributed by atoms with Crippen LogP contribution in [0.15, 0.2) is 18.2 Å². The fourth-order valence-electron chi connectivity index (χ4n) is 2.53. The van der Waals surface area contributed by atoms with E-state index in [1.54, 1.807) is 0 Å². The molecule has 9 heteroatoms. The van der Waals surface area contributed by atoms with E-state index >= 15 is 0 Å². The molecule has 1 unspecified atom stereocenters. The van der Waals surface area contributed by atoms with Gasteiger partial charge in [0.05, 0.1) is 23.2 Å². The smallest absolute Gasteiger partial charge is 0.376 e. The third kappa shape index (κ3) is 5.61. The van der Waals surface area contributed by atoms with E-state index in [-0.39, 0.29) is 30.8 Å². The summed E-state index contributed by atoms with van der Waals surface area (Å²) in [4.78, 5) is 25.1. The Kier molecular flexibility index (Phi) is 6.29. The molecule has 0 bridgehead atoms. The lowest BCUT2D eigenvalue weighted by Gasteiger charge is -2.23. The molecule has 138 valence electrons. The first-order valence-electron chi connectivity index (χ1n) is 7.70. The van der Waals surface area contributed by atoms with Crippen LogP contribution in [0.5, 0.6) is 0 Å². The first kappa shape index (κ1) is 19.5. The Balaban J connectivity index is 2.01. The summed E-state index contributed by atoms with van der Waals surface area (Å²) in [6.45, 7) is 1.95. The Bertz CT molecular complexity index is 646. The first-order valence-corrected chi connectivity index (χ1v) is 8.08. The van der Waals surface area contributed by atoms with Crippen LogP contribution in [0.1, 0.15) is 25.3 Å². The van der Waals surface area contributed by atoms with E-state index in [0.717, 1.165) is 25.0 Å². The zero-order valence-electron chi connectivity index (χ0n) is 13.5. The highest BCUT2D eigenvalue weighted by molar-refractivity contribution is 6.31. The first-order chi connectivity index (χ1) is 11.7. The quantitative estimate of drug-likeness (QED) is 0.855. The number of nitrogens with one attached hydrogen (secondary N) is 1. The number of rotatable bonds is 5. The van der Waals surface area contributed by atoms with Gasteiger partial charge in [0.15, 0.2) is 0 Å². The van der Waals surface area contributed by atoms with Crippen LogP contribution < -0.4 is 5.32 Å². The molecule has 0 spiro atoms. The molecule has 1 aromatic rings. The Labute approximate surface area is 148 Å². The molecule has 1 N–H and O–H groups in total. The number of ether oxygens (including phenoxy) is 1. The standard InChI is InChI=1S/C16H18ClF3N2O3/c1-10(23)22(8-12-3-2-6-25-12)9-15(24)21-11-4-5-14(17)13(7-11)16(18,19)20/h4-5,7,12H,2-3,6,8-9H2,1H3,(H,21,24). The van der Waals surface area contributed by atoms with Gasteiger partial charge in [-0.25, -0.2) is 0 Å². The summed E-state index contributed by atoms with van der Waals surface area (Å²) in [5.74, 6) is -0.901. The van der Waals surface area contributed by atoms with Gasteiger partial charge in [0.1, 0.15) is 0 Å². The topological polar surface area (TPSA) is 58.6 Å². The summed E-state index contributed by atoms with van der Waals surface area (Å²) < 4.78 is 44.0. The Morgan fingerprint density at radius 2 is 2.12 bits per heavy atom. The molecule has 1 aliphatic heterocycles. The molecular weight excluding hydrogens is 361 g/mol. The molecule has 1 aromatic carbocycles. The van der Waals surface area contributed by atoms with Gasteiger partial charge in [-0.3, -0.25) is 9.59 Å². The van der Waals surface area contributed by atoms with Crippen molar-refractivity contribution in [3.63, 3.8) is 0 Å². The molecule has 1 atom stereocenters. The van der Waals surface area contributed by atoms with E-state index in [9.17, 15) is 22.8 Å². The molecule has 5 nitrogen and oxygen atoms in total. The van der Waals surface area contributed by atoms with Crippen LogP contribution in [-0.2, 0) is 20.5 Å². The van der Waals surface area contributed by atoms with Gasteiger partial charge in [-0.15, -0.1) is 0 Å². The fourth-order valence-corrected chi connectivity index (χ4v) is 2.76. The number of anilines is 1. The maximum Gasteiger partial charge on any atom is 0.417 e. The van der Waals surface area contributed by atoms with E-state index in [0.29, 0.717) is 6.61 Å². The number of alkyl halides is 3. The lowest BCUT2D eigenvalue weighted by atomic mass is 10.2. The summed E-state index contributed by atoms with van der Waals surface area (Å²) in [6.07, 6.45) is -3.04. The second-order valence-corrected chi connectivity index (χ2v) is 6.18. The molecule has 1 saturated heterocycles. The van der Waals surface area contributed by atoms with Crippen molar-refractivity contribution in [3.8, 4) is 0 Å². The largest absolute Gasteiger partial charge is 0.417 e. The van der Waals surface area contributed by atoms with E-state index in [1.165, 1.54) is 17.9 Å². The second kappa shape index (κ2) is 8.05. The molecular formula is C16H18ClF3N2O3.